The zero-order valence-corrected chi connectivity index (χ0v) is 14.6. The van der Waals surface area contributed by atoms with Gasteiger partial charge >= 0.3 is 0 Å². The highest BCUT2D eigenvalue weighted by atomic mass is 16.5. The summed E-state index contributed by atoms with van der Waals surface area (Å²) < 4.78 is 11.6. The number of nitrogens with one attached hydrogen (secondary N) is 1. The van der Waals surface area contributed by atoms with Crippen LogP contribution in [0.5, 0.6) is 5.88 Å². The van der Waals surface area contributed by atoms with Crippen molar-refractivity contribution in [2.24, 2.45) is 0 Å². The first kappa shape index (κ1) is 17.1. The third-order valence-electron chi connectivity index (χ3n) is 3.44. The van der Waals surface area contributed by atoms with E-state index in [0.29, 0.717) is 34.9 Å². The summed E-state index contributed by atoms with van der Waals surface area (Å²) in [5, 5.41) is 0. The van der Waals surface area contributed by atoms with E-state index < -0.39 is 5.60 Å². The number of H-pyrrole nitrogens is 1. The Morgan fingerprint density at radius 2 is 1.88 bits per heavy atom. The number of nitrogens with zero attached hydrogens (tertiary/aromatic N) is 2. The zero-order valence-electron chi connectivity index (χ0n) is 14.6. The van der Waals surface area contributed by atoms with E-state index in [2.05, 4.69) is 15.0 Å². The second-order valence-electron chi connectivity index (χ2n) is 6.72. The smallest absolute Gasteiger partial charge is 0.242 e. The quantitative estimate of drug-likeness (QED) is 0.694. The molecule has 6 nitrogen and oxygen atoms in total. The molecule has 25 heavy (non-hydrogen) atoms. The molecule has 3 aromatic rings. The number of hydrogen-bond donors (Lipinski definition) is 1. The molecule has 130 valence electrons. The van der Waals surface area contributed by atoms with E-state index in [4.69, 9.17) is 9.47 Å². The van der Waals surface area contributed by atoms with Gasteiger partial charge in [0.25, 0.3) is 0 Å². The summed E-state index contributed by atoms with van der Waals surface area (Å²) in [4.78, 5) is 23.2. The Labute approximate surface area is 146 Å². The fraction of sp³-hybridized carbons (Fsp3) is 0.316. The number of hydrogen-bond acceptors (Lipinski definition) is 5. The lowest BCUT2D eigenvalue weighted by Crippen LogP contribution is -2.24. The number of aromatic nitrogens is 3. The molecule has 0 saturated carbocycles. The van der Waals surface area contributed by atoms with Crippen LogP contribution in [0.15, 0.2) is 36.5 Å². The van der Waals surface area contributed by atoms with Crippen molar-refractivity contribution >= 4 is 17.3 Å². The van der Waals surface area contributed by atoms with Crippen molar-refractivity contribution in [3.63, 3.8) is 0 Å². The molecule has 0 aliphatic carbocycles. The highest BCUT2D eigenvalue weighted by Crippen LogP contribution is 2.26. The monoisotopic (exact) mass is 339 g/mol. The van der Waals surface area contributed by atoms with E-state index in [0.717, 1.165) is 11.8 Å². The summed E-state index contributed by atoms with van der Waals surface area (Å²) >= 11 is 0. The minimum absolute atomic E-state index is 0.231. The SMILES string of the molecule is CC(C)(C)Oc1nc(COCc2ccccc2)nc2c(C=O)c[nH]c12. The van der Waals surface area contributed by atoms with E-state index >= 15 is 0 Å². The number of carbonyl (C=O) groups is 1. The molecular formula is C19H21N3O3. The molecule has 3 rings (SSSR count). The molecule has 0 bridgehead atoms. The van der Waals surface area contributed by atoms with Gasteiger partial charge in [0, 0.05) is 6.20 Å². The first-order valence-electron chi connectivity index (χ1n) is 8.10. The summed E-state index contributed by atoms with van der Waals surface area (Å²) in [5.41, 5.74) is 2.28. The van der Waals surface area contributed by atoms with Gasteiger partial charge < -0.3 is 14.5 Å². The second kappa shape index (κ2) is 7.03. The number of aromatic amines is 1. The molecule has 1 N–H and O–H groups in total. The van der Waals surface area contributed by atoms with Crippen molar-refractivity contribution in [1.82, 2.24) is 15.0 Å². The lowest BCUT2D eigenvalue weighted by molar-refractivity contribution is 0.0978. The van der Waals surface area contributed by atoms with Crippen LogP contribution < -0.4 is 4.74 Å². The van der Waals surface area contributed by atoms with Crippen molar-refractivity contribution in [3.05, 3.63) is 53.5 Å². The topological polar surface area (TPSA) is 77.1 Å². The molecular weight excluding hydrogens is 318 g/mol. The fourth-order valence-electron chi connectivity index (χ4n) is 2.39. The number of rotatable bonds is 6. The first-order chi connectivity index (χ1) is 12.0. The predicted molar refractivity (Wildman–Crippen MR) is 94.6 cm³/mol. The Balaban J connectivity index is 1.85. The highest BCUT2D eigenvalue weighted by molar-refractivity contribution is 5.96. The molecule has 2 aromatic heterocycles. The minimum Gasteiger partial charge on any atom is -0.470 e. The Morgan fingerprint density at radius 3 is 2.56 bits per heavy atom. The Morgan fingerprint density at radius 1 is 1.12 bits per heavy atom. The van der Waals surface area contributed by atoms with Gasteiger partial charge in [-0.2, -0.15) is 4.98 Å². The van der Waals surface area contributed by atoms with E-state index in [1.54, 1.807) is 6.20 Å². The maximum Gasteiger partial charge on any atom is 0.242 e. The minimum atomic E-state index is -0.421. The molecule has 0 atom stereocenters. The maximum absolute atomic E-state index is 11.2. The van der Waals surface area contributed by atoms with Crippen LogP contribution in [0.1, 0.15) is 42.5 Å². The third-order valence-corrected chi connectivity index (χ3v) is 3.44. The molecule has 0 aliphatic rings. The van der Waals surface area contributed by atoms with Gasteiger partial charge in [0.05, 0.1) is 12.2 Å². The highest BCUT2D eigenvalue weighted by Gasteiger charge is 2.19. The second-order valence-corrected chi connectivity index (χ2v) is 6.72. The van der Waals surface area contributed by atoms with E-state index in [1.165, 1.54) is 0 Å². The van der Waals surface area contributed by atoms with E-state index in [-0.39, 0.29) is 6.61 Å². The van der Waals surface area contributed by atoms with Crippen LogP contribution in [-0.4, -0.2) is 26.8 Å². The first-order valence-corrected chi connectivity index (χ1v) is 8.10. The van der Waals surface area contributed by atoms with Crippen LogP contribution in [0.2, 0.25) is 0 Å². The molecule has 0 spiro atoms. The molecule has 6 heteroatoms. The number of carbonyl (C=O) groups excluding carboxylic acids is 1. The van der Waals surface area contributed by atoms with Crippen molar-refractivity contribution in [2.75, 3.05) is 0 Å². The van der Waals surface area contributed by atoms with Gasteiger partial charge in [-0.3, -0.25) is 4.79 Å². The summed E-state index contributed by atoms with van der Waals surface area (Å²) in [6.45, 7) is 6.52. The largest absolute Gasteiger partial charge is 0.470 e. The summed E-state index contributed by atoms with van der Waals surface area (Å²) in [6, 6.07) is 9.88. The van der Waals surface area contributed by atoms with E-state index in [9.17, 15) is 4.79 Å². The van der Waals surface area contributed by atoms with Gasteiger partial charge in [0.15, 0.2) is 12.1 Å². The Hall–Kier alpha value is -2.73. The molecule has 2 heterocycles. The Bertz CT molecular complexity index is 867. The molecule has 0 aliphatic heterocycles. The van der Waals surface area contributed by atoms with Crippen LogP contribution in [0.25, 0.3) is 11.0 Å². The molecule has 0 saturated heterocycles. The molecule has 0 radical (unpaired) electrons. The van der Waals surface area contributed by atoms with Crippen LogP contribution >= 0.6 is 0 Å². The molecule has 1 aromatic carbocycles. The number of ether oxygens (including phenoxy) is 2. The molecule has 0 unspecified atom stereocenters. The van der Waals surface area contributed by atoms with Crippen molar-refractivity contribution in [3.8, 4) is 5.88 Å². The van der Waals surface area contributed by atoms with Crippen molar-refractivity contribution in [1.29, 1.82) is 0 Å². The van der Waals surface area contributed by atoms with Gasteiger partial charge in [-0.1, -0.05) is 30.3 Å². The van der Waals surface area contributed by atoms with Crippen LogP contribution in [0.3, 0.4) is 0 Å². The third kappa shape index (κ3) is 4.22. The zero-order chi connectivity index (χ0) is 17.9. The van der Waals surface area contributed by atoms with Gasteiger partial charge in [0.1, 0.15) is 23.2 Å². The standard InChI is InChI=1S/C19H21N3O3/c1-19(2,3)25-18-17-16(14(10-23)9-20-17)21-15(22-18)12-24-11-13-7-5-4-6-8-13/h4-10,20H,11-12H2,1-3H3. The van der Waals surface area contributed by atoms with Crippen LogP contribution in [0.4, 0.5) is 0 Å². The lowest BCUT2D eigenvalue weighted by atomic mass is 10.2. The average Bonchev–Trinajstić information content (AvgIpc) is 2.98. The van der Waals surface area contributed by atoms with E-state index in [1.807, 2.05) is 51.1 Å². The number of benzene rings is 1. The number of aldehydes is 1. The summed E-state index contributed by atoms with van der Waals surface area (Å²) in [6.07, 6.45) is 2.37. The van der Waals surface area contributed by atoms with Crippen molar-refractivity contribution in [2.45, 2.75) is 39.6 Å². The fourth-order valence-corrected chi connectivity index (χ4v) is 2.39. The summed E-state index contributed by atoms with van der Waals surface area (Å²) in [5.74, 6) is 0.897. The van der Waals surface area contributed by atoms with Gasteiger partial charge in [0.2, 0.25) is 5.88 Å². The van der Waals surface area contributed by atoms with Gasteiger partial charge in [-0.15, -0.1) is 0 Å². The predicted octanol–water partition coefficient (Wildman–Crippen LogP) is 3.66. The molecule has 0 fully saturated rings. The van der Waals surface area contributed by atoms with Crippen molar-refractivity contribution < 1.29 is 14.3 Å². The summed E-state index contributed by atoms with van der Waals surface area (Å²) in [7, 11) is 0. The van der Waals surface area contributed by atoms with Gasteiger partial charge in [-0.05, 0) is 26.3 Å². The lowest BCUT2D eigenvalue weighted by Gasteiger charge is -2.21. The maximum atomic E-state index is 11.2. The Kier molecular flexibility index (Phi) is 4.81. The molecule has 0 amide bonds. The average molecular weight is 339 g/mol. The normalized spacial score (nSPS) is 11.6. The van der Waals surface area contributed by atoms with Crippen LogP contribution in [-0.2, 0) is 18.0 Å². The van der Waals surface area contributed by atoms with Gasteiger partial charge in [-0.25, -0.2) is 4.98 Å². The van der Waals surface area contributed by atoms with Crippen LogP contribution in [0, 0.1) is 0 Å². The number of fused-ring (bicyclic) bond motifs is 1.